The summed E-state index contributed by atoms with van der Waals surface area (Å²) in [6.07, 6.45) is 9.85. The van der Waals surface area contributed by atoms with E-state index in [1.807, 2.05) is 36.4 Å². The molecule has 5 rings (SSSR count). The van der Waals surface area contributed by atoms with Gasteiger partial charge in [-0.25, -0.2) is 0 Å². The Hall–Kier alpha value is -2.37. The molecule has 1 saturated carbocycles. The van der Waals surface area contributed by atoms with Gasteiger partial charge in [-0.2, -0.15) is 5.26 Å². The van der Waals surface area contributed by atoms with E-state index in [0.29, 0.717) is 0 Å². The van der Waals surface area contributed by atoms with E-state index >= 15 is 0 Å². The monoisotopic (exact) mass is 342 g/mol. The molecule has 26 heavy (non-hydrogen) atoms. The fourth-order valence-electron chi connectivity index (χ4n) is 4.69. The van der Waals surface area contributed by atoms with Gasteiger partial charge in [0.15, 0.2) is 0 Å². The summed E-state index contributed by atoms with van der Waals surface area (Å²) in [5, 5.41) is 10.2. The number of nitrogens with zero attached hydrogens (tertiary/aromatic N) is 2. The van der Waals surface area contributed by atoms with Crippen LogP contribution in [-0.4, -0.2) is 24.0 Å². The first-order chi connectivity index (χ1) is 12.8. The minimum absolute atomic E-state index is 0.725. The maximum Gasteiger partial charge on any atom is 0.125 e. The van der Waals surface area contributed by atoms with E-state index in [9.17, 15) is 5.26 Å². The van der Waals surface area contributed by atoms with Crippen molar-refractivity contribution in [1.29, 1.82) is 5.26 Å². The average Bonchev–Trinajstić information content (AvgIpc) is 2.74. The van der Waals surface area contributed by atoms with Gasteiger partial charge in [0.25, 0.3) is 0 Å². The molecule has 0 N–H and O–H groups in total. The van der Waals surface area contributed by atoms with E-state index in [1.165, 1.54) is 32.2 Å². The third kappa shape index (κ3) is 3.20. The smallest absolute Gasteiger partial charge is 0.125 e. The SMILES string of the molecule is N#CC(C=CCN1CC2CCC1CC2)(c1ccccc1)c1ccccc1. The number of benzene rings is 2. The Balaban J connectivity index is 1.62. The second-order valence-corrected chi connectivity index (χ2v) is 7.68. The number of hydrogen-bond acceptors (Lipinski definition) is 2. The summed E-state index contributed by atoms with van der Waals surface area (Å²) in [5.74, 6) is 0.886. The predicted molar refractivity (Wildman–Crippen MR) is 106 cm³/mol. The van der Waals surface area contributed by atoms with Crippen LogP contribution >= 0.6 is 0 Å². The molecule has 0 radical (unpaired) electrons. The molecule has 2 aliphatic heterocycles. The fourth-order valence-corrected chi connectivity index (χ4v) is 4.69. The van der Waals surface area contributed by atoms with Gasteiger partial charge in [-0.3, -0.25) is 4.90 Å². The Morgan fingerprint density at radius 1 is 0.923 bits per heavy atom. The highest BCUT2D eigenvalue weighted by Gasteiger charge is 2.34. The van der Waals surface area contributed by atoms with Crippen LogP contribution in [0.5, 0.6) is 0 Å². The van der Waals surface area contributed by atoms with Gasteiger partial charge < -0.3 is 0 Å². The lowest BCUT2D eigenvalue weighted by Crippen LogP contribution is -2.47. The maximum absolute atomic E-state index is 10.2. The maximum atomic E-state index is 10.2. The second kappa shape index (κ2) is 7.48. The molecule has 0 amide bonds. The van der Waals surface area contributed by atoms with E-state index in [0.717, 1.165) is 29.6 Å². The summed E-state index contributed by atoms with van der Waals surface area (Å²) in [4.78, 5) is 2.62. The molecule has 0 atom stereocenters. The lowest BCUT2D eigenvalue weighted by Gasteiger charge is -2.45. The van der Waals surface area contributed by atoms with Crippen LogP contribution in [0.4, 0.5) is 0 Å². The molecule has 132 valence electrons. The first-order valence-electron chi connectivity index (χ1n) is 9.76. The van der Waals surface area contributed by atoms with Gasteiger partial charge in [-0.1, -0.05) is 72.8 Å². The number of rotatable bonds is 5. The van der Waals surface area contributed by atoms with Crippen LogP contribution in [0.3, 0.4) is 0 Å². The number of allylic oxidation sites excluding steroid dienone is 1. The van der Waals surface area contributed by atoms with Crippen molar-refractivity contribution in [2.24, 2.45) is 5.92 Å². The highest BCUT2D eigenvalue weighted by atomic mass is 15.2. The molecule has 0 aromatic heterocycles. The lowest BCUT2D eigenvalue weighted by atomic mass is 9.75. The van der Waals surface area contributed by atoms with Crippen LogP contribution in [0.1, 0.15) is 36.8 Å². The Bertz CT molecular complexity index is 740. The molecule has 0 spiro atoms. The summed E-state index contributed by atoms with van der Waals surface area (Å²) in [5.41, 5.74) is 1.34. The molecule has 1 aliphatic carbocycles. The topological polar surface area (TPSA) is 27.0 Å². The highest BCUT2D eigenvalue weighted by Crippen LogP contribution is 2.36. The van der Waals surface area contributed by atoms with Gasteiger partial charge in [0.05, 0.1) is 6.07 Å². The molecular formula is C24H26N2. The highest BCUT2D eigenvalue weighted by molar-refractivity contribution is 5.50. The Labute approximate surface area is 156 Å². The van der Waals surface area contributed by atoms with Crippen molar-refractivity contribution in [1.82, 2.24) is 4.90 Å². The number of hydrogen-bond donors (Lipinski definition) is 0. The van der Waals surface area contributed by atoms with Crippen molar-refractivity contribution in [2.75, 3.05) is 13.1 Å². The van der Waals surface area contributed by atoms with Crippen molar-refractivity contribution in [3.8, 4) is 6.07 Å². The van der Waals surface area contributed by atoms with Crippen LogP contribution in [-0.2, 0) is 5.41 Å². The van der Waals surface area contributed by atoms with Crippen molar-refractivity contribution >= 4 is 0 Å². The van der Waals surface area contributed by atoms with Crippen LogP contribution in [0.2, 0.25) is 0 Å². The average molecular weight is 342 g/mol. The molecule has 3 aliphatic rings. The molecule has 2 aromatic rings. The van der Waals surface area contributed by atoms with Crippen molar-refractivity contribution in [2.45, 2.75) is 37.1 Å². The third-order valence-corrected chi connectivity index (χ3v) is 6.17. The largest absolute Gasteiger partial charge is 0.296 e. The van der Waals surface area contributed by atoms with Gasteiger partial charge in [-0.05, 0) is 42.7 Å². The van der Waals surface area contributed by atoms with E-state index in [2.05, 4.69) is 47.4 Å². The van der Waals surface area contributed by atoms with Gasteiger partial charge in [-0.15, -0.1) is 0 Å². The number of fused-ring (bicyclic) bond motifs is 3. The van der Waals surface area contributed by atoms with Crippen molar-refractivity contribution < 1.29 is 0 Å². The molecule has 2 heterocycles. The third-order valence-electron chi connectivity index (χ3n) is 6.17. The van der Waals surface area contributed by atoms with Crippen molar-refractivity contribution in [3.63, 3.8) is 0 Å². The van der Waals surface area contributed by atoms with Crippen LogP contribution in [0.15, 0.2) is 72.8 Å². The minimum atomic E-state index is -0.725. The summed E-state index contributed by atoms with van der Waals surface area (Å²) < 4.78 is 0. The van der Waals surface area contributed by atoms with E-state index in [1.54, 1.807) is 0 Å². The fraction of sp³-hybridized carbons (Fsp3) is 0.375. The molecule has 2 aromatic carbocycles. The lowest BCUT2D eigenvalue weighted by molar-refractivity contribution is 0.0593. The zero-order valence-corrected chi connectivity index (χ0v) is 15.2. The van der Waals surface area contributed by atoms with Crippen LogP contribution in [0.25, 0.3) is 0 Å². The minimum Gasteiger partial charge on any atom is -0.296 e. The quantitative estimate of drug-likeness (QED) is 0.721. The summed E-state index contributed by atoms with van der Waals surface area (Å²) in [7, 11) is 0. The summed E-state index contributed by atoms with van der Waals surface area (Å²) in [6, 6.07) is 23.7. The number of piperidine rings is 2. The van der Waals surface area contributed by atoms with E-state index < -0.39 is 5.41 Å². The zero-order valence-electron chi connectivity index (χ0n) is 15.2. The molecule has 0 unspecified atom stereocenters. The van der Waals surface area contributed by atoms with Crippen LogP contribution in [0, 0.1) is 17.2 Å². The zero-order chi connectivity index (χ0) is 17.8. The molecular weight excluding hydrogens is 316 g/mol. The number of nitriles is 1. The van der Waals surface area contributed by atoms with Gasteiger partial charge in [0, 0.05) is 19.1 Å². The van der Waals surface area contributed by atoms with E-state index in [4.69, 9.17) is 0 Å². The first-order valence-corrected chi connectivity index (χ1v) is 9.76. The molecule has 2 saturated heterocycles. The molecule has 2 nitrogen and oxygen atoms in total. The summed E-state index contributed by atoms with van der Waals surface area (Å²) >= 11 is 0. The van der Waals surface area contributed by atoms with Gasteiger partial charge in [0.2, 0.25) is 0 Å². The first kappa shape index (κ1) is 17.1. The Morgan fingerprint density at radius 3 is 1.96 bits per heavy atom. The Kier molecular flexibility index (Phi) is 4.91. The van der Waals surface area contributed by atoms with E-state index in [-0.39, 0.29) is 0 Å². The molecule has 2 bridgehead atoms. The van der Waals surface area contributed by atoms with Gasteiger partial charge >= 0.3 is 0 Å². The van der Waals surface area contributed by atoms with Gasteiger partial charge in [0.1, 0.15) is 5.41 Å². The second-order valence-electron chi connectivity index (χ2n) is 7.68. The normalized spacial score (nSPS) is 23.2. The standard InChI is InChI=1S/C24H26N2/c25-19-24(21-8-3-1-4-9-21,22-10-5-2-6-11-22)16-7-17-26-18-20-12-14-23(26)15-13-20/h1-11,16,20,23H,12-15,17-18H2. The summed E-state index contributed by atoms with van der Waals surface area (Å²) in [6.45, 7) is 2.18. The predicted octanol–water partition coefficient (Wildman–Crippen LogP) is 4.93. The Morgan fingerprint density at radius 2 is 1.50 bits per heavy atom. The molecule has 3 fully saturated rings. The molecule has 2 heteroatoms. The van der Waals surface area contributed by atoms with Crippen molar-refractivity contribution in [3.05, 3.63) is 83.9 Å². The van der Waals surface area contributed by atoms with Crippen LogP contribution < -0.4 is 0 Å².